The quantitative estimate of drug-likeness (QED) is 0.443. The molecule has 0 atom stereocenters. The molecule has 0 aliphatic carbocycles. The Morgan fingerprint density at radius 3 is 2.32 bits per heavy atom. The number of nitrogens with one attached hydrogen (secondary N) is 2. The van der Waals surface area contributed by atoms with E-state index in [0.717, 1.165) is 23.0 Å². The zero-order valence-corrected chi connectivity index (χ0v) is 14.5. The van der Waals surface area contributed by atoms with E-state index in [1.807, 2.05) is 18.2 Å². The molecule has 3 aromatic carbocycles. The van der Waals surface area contributed by atoms with Gasteiger partial charge in [-0.15, -0.1) is 0 Å². The molecule has 140 valence electrons. The lowest BCUT2D eigenvalue weighted by Gasteiger charge is -2.14. The number of anilines is 1. The maximum Gasteiger partial charge on any atom is 0.416 e. The molecule has 0 aliphatic heterocycles. The molecule has 4 rings (SSSR count). The Bertz CT molecular complexity index is 1150. The third-order valence-corrected chi connectivity index (χ3v) is 4.50. The minimum absolute atomic E-state index is 0.168. The number of halogens is 3. The first kappa shape index (κ1) is 17.9. The van der Waals surface area contributed by atoms with Crippen LogP contribution < -0.4 is 5.32 Å². The van der Waals surface area contributed by atoms with Gasteiger partial charge in [-0.1, -0.05) is 36.4 Å². The Morgan fingerprint density at radius 1 is 0.857 bits per heavy atom. The topological polar surface area (TPSA) is 44.9 Å². The highest BCUT2D eigenvalue weighted by atomic mass is 19.4. The van der Waals surface area contributed by atoms with Crippen molar-refractivity contribution in [1.29, 1.82) is 0 Å². The standard InChI is InChI=1S/C22H15F3N2O/c23-22(24,25)14-10-11-17(21(28)27-15-6-2-1-3-7-15)18(12-14)19-13-26-20-9-5-4-8-16(19)20/h1-13,26H,(H,27,28). The smallest absolute Gasteiger partial charge is 0.361 e. The van der Waals surface area contributed by atoms with E-state index < -0.39 is 17.6 Å². The zero-order chi connectivity index (χ0) is 19.7. The van der Waals surface area contributed by atoms with Gasteiger partial charge in [0.2, 0.25) is 0 Å². The van der Waals surface area contributed by atoms with Gasteiger partial charge >= 0.3 is 6.18 Å². The largest absolute Gasteiger partial charge is 0.416 e. The lowest BCUT2D eigenvalue weighted by molar-refractivity contribution is -0.137. The van der Waals surface area contributed by atoms with Crippen molar-refractivity contribution in [2.75, 3.05) is 5.32 Å². The number of rotatable bonds is 3. The van der Waals surface area contributed by atoms with Crippen LogP contribution in [-0.4, -0.2) is 10.9 Å². The average Bonchev–Trinajstić information content (AvgIpc) is 3.11. The highest BCUT2D eigenvalue weighted by Gasteiger charge is 2.32. The fraction of sp³-hybridized carbons (Fsp3) is 0.0455. The van der Waals surface area contributed by atoms with Crippen LogP contribution in [0.5, 0.6) is 0 Å². The lowest BCUT2D eigenvalue weighted by Crippen LogP contribution is -2.14. The van der Waals surface area contributed by atoms with Crippen molar-refractivity contribution < 1.29 is 18.0 Å². The monoisotopic (exact) mass is 380 g/mol. The summed E-state index contributed by atoms with van der Waals surface area (Å²) in [6, 6.07) is 19.2. The molecule has 2 N–H and O–H groups in total. The number of carbonyl (C=O) groups excluding carboxylic acids is 1. The maximum atomic E-state index is 13.3. The van der Waals surface area contributed by atoms with Gasteiger partial charge in [0.05, 0.1) is 5.56 Å². The van der Waals surface area contributed by atoms with Crippen molar-refractivity contribution in [2.24, 2.45) is 0 Å². The summed E-state index contributed by atoms with van der Waals surface area (Å²) < 4.78 is 39.9. The van der Waals surface area contributed by atoms with E-state index in [2.05, 4.69) is 10.3 Å². The molecule has 0 saturated carbocycles. The Kier molecular flexibility index (Phi) is 4.39. The molecule has 0 saturated heterocycles. The van der Waals surface area contributed by atoms with E-state index in [9.17, 15) is 18.0 Å². The first-order valence-corrected chi connectivity index (χ1v) is 8.57. The van der Waals surface area contributed by atoms with Crippen LogP contribution in [0.15, 0.2) is 79.0 Å². The second kappa shape index (κ2) is 6.88. The van der Waals surface area contributed by atoms with Crippen LogP contribution in [0, 0.1) is 0 Å². The van der Waals surface area contributed by atoms with Crippen molar-refractivity contribution in [1.82, 2.24) is 4.98 Å². The van der Waals surface area contributed by atoms with Gasteiger partial charge in [0.1, 0.15) is 0 Å². The molecule has 0 bridgehead atoms. The fourth-order valence-corrected chi connectivity index (χ4v) is 3.16. The summed E-state index contributed by atoms with van der Waals surface area (Å²) in [5.74, 6) is -0.472. The van der Waals surface area contributed by atoms with Gasteiger partial charge < -0.3 is 10.3 Å². The molecule has 0 radical (unpaired) electrons. The summed E-state index contributed by atoms with van der Waals surface area (Å²) in [6.45, 7) is 0. The van der Waals surface area contributed by atoms with Crippen LogP contribution >= 0.6 is 0 Å². The molecular weight excluding hydrogens is 365 g/mol. The van der Waals surface area contributed by atoms with Gasteiger partial charge in [-0.05, 0) is 42.0 Å². The SMILES string of the molecule is O=C(Nc1ccccc1)c1ccc(C(F)(F)F)cc1-c1c[nH]c2ccccc12. The number of aromatic nitrogens is 1. The highest BCUT2D eigenvalue weighted by Crippen LogP contribution is 2.37. The van der Waals surface area contributed by atoms with E-state index in [4.69, 9.17) is 0 Å². The van der Waals surface area contributed by atoms with E-state index in [1.165, 1.54) is 6.07 Å². The first-order valence-electron chi connectivity index (χ1n) is 8.57. The predicted molar refractivity (Wildman–Crippen MR) is 103 cm³/mol. The summed E-state index contributed by atoms with van der Waals surface area (Å²) in [4.78, 5) is 15.9. The summed E-state index contributed by atoms with van der Waals surface area (Å²) in [5, 5.41) is 3.48. The third kappa shape index (κ3) is 3.36. The molecule has 1 aromatic heterocycles. The number of carbonyl (C=O) groups is 1. The highest BCUT2D eigenvalue weighted by molar-refractivity contribution is 6.11. The van der Waals surface area contributed by atoms with Crippen molar-refractivity contribution >= 4 is 22.5 Å². The normalized spacial score (nSPS) is 11.5. The van der Waals surface area contributed by atoms with Crippen LogP contribution in [-0.2, 0) is 6.18 Å². The second-order valence-electron chi connectivity index (χ2n) is 6.33. The molecule has 28 heavy (non-hydrogen) atoms. The summed E-state index contributed by atoms with van der Waals surface area (Å²) in [5.41, 5.74) is 1.48. The number of H-pyrrole nitrogens is 1. The van der Waals surface area contributed by atoms with Gasteiger partial charge in [0, 0.05) is 33.9 Å². The van der Waals surface area contributed by atoms with Gasteiger partial charge in [0.15, 0.2) is 0 Å². The van der Waals surface area contributed by atoms with Gasteiger partial charge in [-0.2, -0.15) is 13.2 Å². The second-order valence-corrected chi connectivity index (χ2v) is 6.33. The molecule has 1 heterocycles. The van der Waals surface area contributed by atoms with Crippen LogP contribution in [0.3, 0.4) is 0 Å². The molecule has 0 aliphatic rings. The van der Waals surface area contributed by atoms with E-state index in [-0.39, 0.29) is 11.1 Å². The number of hydrogen-bond acceptors (Lipinski definition) is 1. The number of alkyl halides is 3. The minimum atomic E-state index is -4.50. The van der Waals surface area contributed by atoms with Gasteiger partial charge in [-0.3, -0.25) is 4.79 Å². The lowest BCUT2D eigenvalue weighted by atomic mass is 9.96. The van der Waals surface area contributed by atoms with Crippen molar-refractivity contribution in [2.45, 2.75) is 6.18 Å². The molecular formula is C22H15F3N2O. The Balaban J connectivity index is 1.85. The number of amides is 1. The minimum Gasteiger partial charge on any atom is -0.361 e. The van der Waals surface area contributed by atoms with Crippen LogP contribution in [0.25, 0.3) is 22.0 Å². The summed E-state index contributed by atoms with van der Waals surface area (Å²) >= 11 is 0. The summed E-state index contributed by atoms with van der Waals surface area (Å²) in [7, 11) is 0. The Morgan fingerprint density at radius 2 is 1.57 bits per heavy atom. The van der Waals surface area contributed by atoms with E-state index >= 15 is 0 Å². The van der Waals surface area contributed by atoms with Crippen molar-refractivity contribution in [3.63, 3.8) is 0 Å². The third-order valence-electron chi connectivity index (χ3n) is 4.50. The molecule has 1 amide bonds. The molecule has 6 heteroatoms. The number of benzene rings is 3. The van der Waals surface area contributed by atoms with Crippen LogP contribution in [0.2, 0.25) is 0 Å². The molecule has 3 nitrogen and oxygen atoms in total. The molecule has 0 fully saturated rings. The Labute approximate surface area is 158 Å². The molecule has 0 spiro atoms. The maximum absolute atomic E-state index is 13.3. The molecule has 0 unspecified atom stereocenters. The molecule has 4 aromatic rings. The van der Waals surface area contributed by atoms with Crippen molar-refractivity contribution in [3.05, 3.63) is 90.1 Å². The number of aromatic amines is 1. The number of para-hydroxylation sites is 2. The average molecular weight is 380 g/mol. The predicted octanol–water partition coefficient (Wildman–Crippen LogP) is 6.11. The van der Waals surface area contributed by atoms with Crippen molar-refractivity contribution in [3.8, 4) is 11.1 Å². The fourth-order valence-electron chi connectivity index (χ4n) is 3.16. The first-order chi connectivity index (χ1) is 13.4. The van der Waals surface area contributed by atoms with Gasteiger partial charge in [0.25, 0.3) is 5.91 Å². The van der Waals surface area contributed by atoms with E-state index in [0.29, 0.717) is 11.3 Å². The van der Waals surface area contributed by atoms with E-state index in [1.54, 1.807) is 42.6 Å². The van der Waals surface area contributed by atoms with Gasteiger partial charge in [-0.25, -0.2) is 0 Å². The van der Waals surface area contributed by atoms with Crippen LogP contribution in [0.1, 0.15) is 15.9 Å². The number of fused-ring (bicyclic) bond motifs is 1. The summed E-state index contributed by atoms with van der Waals surface area (Å²) in [6.07, 6.45) is -2.88. The Hall–Kier alpha value is -3.54. The zero-order valence-electron chi connectivity index (χ0n) is 14.5. The van der Waals surface area contributed by atoms with Crippen LogP contribution in [0.4, 0.5) is 18.9 Å². The number of hydrogen-bond donors (Lipinski definition) is 2.